The largest absolute Gasteiger partial charge is 0.349 e. The summed E-state index contributed by atoms with van der Waals surface area (Å²) in [4.78, 5) is 12.1. The summed E-state index contributed by atoms with van der Waals surface area (Å²) in [5, 5.41) is 7.29. The van der Waals surface area contributed by atoms with Crippen LogP contribution in [0.4, 0.5) is 0 Å². The summed E-state index contributed by atoms with van der Waals surface area (Å²) in [6.45, 7) is 3.34. The van der Waals surface area contributed by atoms with E-state index in [0.717, 1.165) is 19.3 Å². The van der Waals surface area contributed by atoms with E-state index in [2.05, 4.69) is 17.3 Å². The number of carbonyl (C=O) groups excluding carboxylic acids is 1. The second-order valence-electron chi connectivity index (χ2n) is 5.57. The minimum atomic E-state index is -0.195. The van der Waals surface area contributed by atoms with Crippen LogP contribution < -0.4 is 11.1 Å². The maximum absolute atomic E-state index is 12.1. The number of aryl methyl sites for hydroxylation is 1. The Morgan fingerprint density at radius 1 is 1.58 bits per heavy atom. The van der Waals surface area contributed by atoms with Gasteiger partial charge in [-0.05, 0) is 24.8 Å². The molecule has 1 fully saturated rings. The third-order valence-corrected chi connectivity index (χ3v) is 4.33. The smallest absolute Gasteiger partial charge is 0.222 e. The Balaban J connectivity index is 1.88. The highest BCUT2D eigenvalue weighted by Gasteiger charge is 2.37. The fraction of sp³-hybridized carbons (Fsp3) is 0.714. The number of rotatable bonds is 5. The number of aromatic nitrogens is 2. The number of nitrogens with one attached hydrogen (secondary N) is 1. The van der Waals surface area contributed by atoms with E-state index in [9.17, 15) is 4.79 Å². The zero-order chi connectivity index (χ0) is 13.7. The molecular weight excluding hydrogens is 240 g/mol. The molecule has 0 aliphatic heterocycles. The maximum Gasteiger partial charge on any atom is 0.222 e. The van der Waals surface area contributed by atoms with E-state index in [1.165, 1.54) is 6.42 Å². The Morgan fingerprint density at radius 3 is 3.05 bits per heavy atom. The van der Waals surface area contributed by atoms with E-state index in [1.807, 2.05) is 12.3 Å². The van der Waals surface area contributed by atoms with Crippen molar-refractivity contribution in [1.82, 2.24) is 15.1 Å². The minimum Gasteiger partial charge on any atom is -0.349 e. The van der Waals surface area contributed by atoms with Gasteiger partial charge in [0.15, 0.2) is 0 Å². The summed E-state index contributed by atoms with van der Waals surface area (Å²) < 4.78 is 1.78. The first kappa shape index (κ1) is 14.1. The van der Waals surface area contributed by atoms with Crippen molar-refractivity contribution in [1.29, 1.82) is 0 Å². The van der Waals surface area contributed by atoms with Gasteiger partial charge < -0.3 is 11.1 Å². The standard InChI is InChI=1S/C14H24N4O/c1-12-5-2-3-7-14(12,11-15)17-13(19)6-10-18-9-4-8-16-18/h4,8-9,12H,2-3,5-7,10-11,15H2,1H3,(H,17,19). The highest BCUT2D eigenvalue weighted by molar-refractivity contribution is 5.76. The van der Waals surface area contributed by atoms with Gasteiger partial charge in [-0.3, -0.25) is 9.48 Å². The van der Waals surface area contributed by atoms with Crippen molar-refractivity contribution in [3.05, 3.63) is 18.5 Å². The fourth-order valence-corrected chi connectivity index (χ4v) is 2.94. The van der Waals surface area contributed by atoms with Crippen LogP contribution in [0.5, 0.6) is 0 Å². The fourth-order valence-electron chi connectivity index (χ4n) is 2.94. The lowest BCUT2D eigenvalue weighted by molar-refractivity contribution is -0.124. The van der Waals surface area contributed by atoms with Crippen LogP contribution in [0.2, 0.25) is 0 Å². The van der Waals surface area contributed by atoms with Crippen LogP contribution in [0, 0.1) is 5.92 Å². The normalized spacial score (nSPS) is 27.2. The molecule has 1 aliphatic carbocycles. The second kappa shape index (κ2) is 6.19. The molecule has 5 heteroatoms. The lowest BCUT2D eigenvalue weighted by Gasteiger charge is -2.42. The van der Waals surface area contributed by atoms with Gasteiger partial charge in [0.1, 0.15) is 0 Å². The van der Waals surface area contributed by atoms with Gasteiger partial charge in [-0.2, -0.15) is 5.10 Å². The molecule has 0 bridgehead atoms. The van der Waals surface area contributed by atoms with Gasteiger partial charge in [-0.15, -0.1) is 0 Å². The third kappa shape index (κ3) is 3.35. The van der Waals surface area contributed by atoms with Crippen LogP contribution in [0.25, 0.3) is 0 Å². The Hall–Kier alpha value is -1.36. The molecule has 0 spiro atoms. The number of nitrogens with zero attached hydrogens (tertiary/aromatic N) is 2. The Bertz CT molecular complexity index is 404. The van der Waals surface area contributed by atoms with Crippen LogP contribution in [-0.2, 0) is 11.3 Å². The number of amides is 1. The lowest BCUT2D eigenvalue weighted by atomic mass is 9.73. The van der Waals surface area contributed by atoms with Crippen molar-refractivity contribution >= 4 is 5.91 Å². The van der Waals surface area contributed by atoms with Gasteiger partial charge in [-0.25, -0.2) is 0 Å². The zero-order valence-corrected chi connectivity index (χ0v) is 11.6. The Labute approximate surface area is 114 Å². The molecule has 0 saturated heterocycles. The molecule has 3 N–H and O–H groups in total. The van der Waals surface area contributed by atoms with E-state index in [0.29, 0.717) is 25.4 Å². The Kier molecular flexibility index (Phi) is 4.58. The molecule has 1 aromatic rings. The van der Waals surface area contributed by atoms with Gasteiger partial charge in [-0.1, -0.05) is 19.8 Å². The number of nitrogens with two attached hydrogens (primary N) is 1. The molecule has 106 valence electrons. The summed E-state index contributed by atoms with van der Waals surface area (Å²) >= 11 is 0. The first-order valence-corrected chi connectivity index (χ1v) is 7.15. The number of hydrogen-bond donors (Lipinski definition) is 2. The number of carbonyl (C=O) groups is 1. The maximum atomic E-state index is 12.1. The van der Waals surface area contributed by atoms with Crippen LogP contribution in [0.3, 0.4) is 0 Å². The highest BCUT2D eigenvalue weighted by Crippen LogP contribution is 2.32. The number of hydrogen-bond acceptors (Lipinski definition) is 3. The Morgan fingerprint density at radius 2 is 2.42 bits per heavy atom. The molecule has 5 nitrogen and oxygen atoms in total. The molecule has 1 amide bonds. The molecule has 1 saturated carbocycles. The SMILES string of the molecule is CC1CCCCC1(CN)NC(=O)CCn1cccn1. The predicted molar refractivity (Wildman–Crippen MR) is 74.4 cm³/mol. The topological polar surface area (TPSA) is 72.9 Å². The van der Waals surface area contributed by atoms with Crippen molar-refractivity contribution in [3.63, 3.8) is 0 Å². The van der Waals surface area contributed by atoms with E-state index in [4.69, 9.17) is 5.73 Å². The van der Waals surface area contributed by atoms with Crippen LogP contribution >= 0.6 is 0 Å². The van der Waals surface area contributed by atoms with Crippen LogP contribution in [-0.4, -0.2) is 27.8 Å². The third-order valence-electron chi connectivity index (χ3n) is 4.33. The summed E-state index contributed by atoms with van der Waals surface area (Å²) in [6.07, 6.45) is 8.59. The molecule has 1 aliphatic rings. The first-order chi connectivity index (χ1) is 9.16. The highest BCUT2D eigenvalue weighted by atomic mass is 16.1. The minimum absolute atomic E-state index is 0.0784. The van der Waals surface area contributed by atoms with Gasteiger partial charge in [0.2, 0.25) is 5.91 Å². The molecule has 2 rings (SSSR count). The quantitative estimate of drug-likeness (QED) is 0.842. The van der Waals surface area contributed by atoms with Crippen molar-refractivity contribution in [2.75, 3.05) is 6.54 Å². The summed E-state index contributed by atoms with van der Waals surface area (Å²) in [5.41, 5.74) is 5.74. The monoisotopic (exact) mass is 264 g/mol. The first-order valence-electron chi connectivity index (χ1n) is 7.15. The van der Waals surface area contributed by atoms with Gasteiger partial charge in [0.05, 0.1) is 5.54 Å². The molecule has 1 heterocycles. The molecule has 0 aromatic carbocycles. The summed E-state index contributed by atoms with van der Waals surface area (Å²) in [6, 6.07) is 1.86. The summed E-state index contributed by atoms with van der Waals surface area (Å²) in [5.74, 6) is 0.537. The van der Waals surface area contributed by atoms with Gasteiger partial charge >= 0.3 is 0 Å². The molecule has 2 unspecified atom stereocenters. The lowest BCUT2D eigenvalue weighted by Crippen LogP contribution is -2.59. The second-order valence-corrected chi connectivity index (χ2v) is 5.57. The van der Waals surface area contributed by atoms with E-state index < -0.39 is 0 Å². The average Bonchev–Trinajstić information content (AvgIpc) is 2.92. The van der Waals surface area contributed by atoms with Crippen molar-refractivity contribution < 1.29 is 4.79 Å². The molecule has 2 atom stereocenters. The predicted octanol–water partition coefficient (Wildman–Crippen LogP) is 1.30. The van der Waals surface area contributed by atoms with Crippen LogP contribution in [0.15, 0.2) is 18.5 Å². The summed E-state index contributed by atoms with van der Waals surface area (Å²) in [7, 11) is 0. The van der Waals surface area contributed by atoms with E-state index in [1.54, 1.807) is 10.9 Å². The van der Waals surface area contributed by atoms with Crippen molar-refractivity contribution in [2.45, 2.75) is 51.1 Å². The molecular formula is C14H24N4O. The van der Waals surface area contributed by atoms with Crippen molar-refractivity contribution in [2.24, 2.45) is 11.7 Å². The zero-order valence-electron chi connectivity index (χ0n) is 11.6. The molecule has 1 aromatic heterocycles. The van der Waals surface area contributed by atoms with Crippen LogP contribution in [0.1, 0.15) is 39.0 Å². The van der Waals surface area contributed by atoms with E-state index >= 15 is 0 Å². The van der Waals surface area contributed by atoms with Gasteiger partial charge in [0, 0.05) is 31.9 Å². The average molecular weight is 264 g/mol. The molecule has 0 radical (unpaired) electrons. The van der Waals surface area contributed by atoms with Crippen molar-refractivity contribution in [3.8, 4) is 0 Å². The van der Waals surface area contributed by atoms with Gasteiger partial charge in [0.25, 0.3) is 0 Å². The molecule has 19 heavy (non-hydrogen) atoms. The van der Waals surface area contributed by atoms with E-state index in [-0.39, 0.29) is 11.4 Å².